The Morgan fingerprint density at radius 2 is 0.919 bits per heavy atom. The van der Waals surface area contributed by atoms with Crippen LogP contribution in [0.15, 0.2) is 72.8 Å². The van der Waals surface area contributed by atoms with E-state index < -0.39 is 0 Å². The summed E-state index contributed by atoms with van der Waals surface area (Å²) in [7, 11) is 0. The summed E-state index contributed by atoms with van der Waals surface area (Å²) < 4.78 is 0. The van der Waals surface area contributed by atoms with Gasteiger partial charge in [0.25, 0.3) is 0 Å². The Labute approximate surface area is 222 Å². The lowest BCUT2D eigenvalue weighted by atomic mass is 9.82. The first kappa shape index (κ1) is 23.1. The smallest absolute Gasteiger partial charge is 0.208 e. The van der Waals surface area contributed by atoms with Crippen LogP contribution >= 0.6 is 0 Å². The van der Waals surface area contributed by atoms with Gasteiger partial charge in [0.1, 0.15) is 0 Å². The summed E-state index contributed by atoms with van der Waals surface area (Å²) in [5.41, 5.74) is 5.90. The van der Waals surface area contributed by atoms with Crippen LogP contribution in [0.5, 0.6) is 0 Å². The molecule has 0 bridgehead atoms. The van der Waals surface area contributed by atoms with Gasteiger partial charge in [-0.05, 0) is 59.4 Å². The maximum absolute atomic E-state index is 3.93. The molecule has 1 heterocycles. The van der Waals surface area contributed by atoms with Crippen molar-refractivity contribution >= 4 is 32.9 Å². The van der Waals surface area contributed by atoms with Crippen LogP contribution < -0.4 is 9.80 Å². The van der Waals surface area contributed by atoms with Crippen molar-refractivity contribution in [1.29, 1.82) is 0 Å². The van der Waals surface area contributed by atoms with Crippen molar-refractivity contribution in [1.82, 2.24) is 0 Å². The molecule has 3 aliphatic rings. The number of fused-ring (bicyclic) bond motifs is 2. The molecule has 1 aliphatic heterocycles. The molecule has 2 saturated carbocycles. The number of anilines is 2. The predicted octanol–water partition coefficient (Wildman–Crippen LogP) is 9.41. The van der Waals surface area contributed by atoms with Gasteiger partial charge in [-0.3, -0.25) is 0 Å². The molecule has 7 rings (SSSR count). The number of rotatable bonds is 4. The average molecular weight is 487 g/mol. The first-order valence-corrected chi connectivity index (χ1v) is 14.7. The predicted molar refractivity (Wildman–Crippen MR) is 157 cm³/mol. The molecular formula is C35H38N2. The van der Waals surface area contributed by atoms with E-state index in [0.29, 0.717) is 11.8 Å². The lowest BCUT2D eigenvalue weighted by molar-refractivity contribution is 0.444. The highest BCUT2D eigenvalue weighted by Gasteiger charge is 2.32. The maximum Gasteiger partial charge on any atom is 0.208 e. The normalized spacial score (nSPS) is 19.8. The van der Waals surface area contributed by atoms with Crippen molar-refractivity contribution < 1.29 is 0 Å². The van der Waals surface area contributed by atoms with Gasteiger partial charge in [0.2, 0.25) is 6.67 Å². The average Bonchev–Trinajstić information content (AvgIpc) is 3.46. The summed E-state index contributed by atoms with van der Waals surface area (Å²) in [5.74, 6) is 1.33. The minimum Gasteiger partial charge on any atom is -0.339 e. The molecule has 2 aliphatic carbocycles. The van der Waals surface area contributed by atoms with Crippen LogP contribution in [-0.2, 0) is 0 Å². The SMILES string of the molecule is [C]1N(c2c(C3CCCCC3)ccc3ccccc23)CCN1c1c(C2CCCCC2)ccc2ccccc12. The van der Waals surface area contributed by atoms with Crippen LogP contribution in [0.1, 0.15) is 87.2 Å². The van der Waals surface area contributed by atoms with E-state index in [9.17, 15) is 0 Å². The number of benzene rings is 4. The molecule has 4 aromatic carbocycles. The van der Waals surface area contributed by atoms with Crippen molar-refractivity contribution in [3.05, 3.63) is 90.6 Å². The second-order valence-corrected chi connectivity index (χ2v) is 11.5. The molecule has 2 nitrogen and oxygen atoms in total. The third-order valence-electron chi connectivity index (χ3n) is 9.28. The van der Waals surface area contributed by atoms with E-state index in [-0.39, 0.29) is 0 Å². The minimum absolute atomic E-state index is 0.666. The van der Waals surface area contributed by atoms with E-state index in [1.54, 1.807) is 0 Å². The fraction of sp³-hybridized carbons (Fsp3) is 0.400. The summed E-state index contributed by atoms with van der Waals surface area (Å²) in [6.07, 6.45) is 13.5. The van der Waals surface area contributed by atoms with E-state index in [1.165, 1.54) is 108 Å². The van der Waals surface area contributed by atoms with Gasteiger partial charge in [0, 0.05) is 23.9 Å². The molecule has 37 heavy (non-hydrogen) atoms. The van der Waals surface area contributed by atoms with Gasteiger partial charge in [0.05, 0.1) is 11.4 Å². The molecule has 3 fully saturated rings. The van der Waals surface area contributed by atoms with Crippen LogP contribution in [0.25, 0.3) is 21.5 Å². The van der Waals surface area contributed by atoms with Crippen LogP contribution in [0.2, 0.25) is 0 Å². The summed E-state index contributed by atoms with van der Waals surface area (Å²) in [6.45, 7) is 5.91. The standard InChI is InChI=1S/C35H38N2/c1-3-11-26(12-4-1)32-21-19-28-15-7-9-17-30(28)34(32)36-23-24-37(25-36)35-31-18-10-8-16-29(31)20-22-33(35)27-13-5-2-6-14-27/h7-10,15-22,26-27H,1-6,11-14,23-24H2. The lowest BCUT2D eigenvalue weighted by Crippen LogP contribution is -2.22. The van der Waals surface area contributed by atoms with E-state index in [0.717, 1.165) is 13.1 Å². The van der Waals surface area contributed by atoms with E-state index in [2.05, 4.69) is 89.3 Å². The van der Waals surface area contributed by atoms with E-state index >= 15 is 0 Å². The first-order chi connectivity index (χ1) is 18.4. The van der Waals surface area contributed by atoms with Gasteiger partial charge in [-0.1, -0.05) is 111 Å². The Bertz CT molecular complexity index is 1290. The molecule has 4 aromatic rings. The first-order valence-electron chi connectivity index (χ1n) is 14.7. The van der Waals surface area contributed by atoms with Gasteiger partial charge in [-0.25, -0.2) is 0 Å². The summed E-state index contributed by atoms with van der Waals surface area (Å²) in [5, 5.41) is 5.44. The zero-order chi connectivity index (χ0) is 24.6. The van der Waals surface area contributed by atoms with Crippen molar-refractivity contribution in [3.63, 3.8) is 0 Å². The van der Waals surface area contributed by atoms with E-state index in [4.69, 9.17) is 0 Å². The summed E-state index contributed by atoms with van der Waals surface area (Å²) >= 11 is 0. The molecule has 1 saturated heterocycles. The molecule has 0 unspecified atom stereocenters. The van der Waals surface area contributed by atoms with Crippen LogP contribution in [-0.4, -0.2) is 13.1 Å². The van der Waals surface area contributed by atoms with Crippen molar-refractivity contribution in [2.45, 2.75) is 76.0 Å². The van der Waals surface area contributed by atoms with Crippen LogP contribution in [0.3, 0.4) is 0 Å². The highest BCUT2D eigenvalue weighted by atomic mass is 15.4. The molecule has 0 atom stereocenters. The molecule has 188 valence electrons. The molecule has 2 heteroatoms. The highest BCUT2D eigenvalue weighted by molar-refractivity contribution is 5.99. The van der Waals surface area contributed by atoms with Crippen molar-refractivity contribution in [3.8, 4) is 0 Å². The molecular weight excluding hydrogens is 448 g/mol. The Balaban J connectivity index is 1.30. The van der Waals surface area contributed by atoms with Gasteiger partial charge in [-0.2, -0.15) is 0 Å². The van der Waals surface area contributed by atoms with Gasteiger partial charge < -0.3 is 9.80 Å². The molecule has 0 aromatic heterocycles. The molecule has 2 radical (unpaired) electrons. The zero-order valence-corrected chi connectivity index (χ0v) is 22.0. The lowest BCUT2D eigenvalue weighted by Gasteiger charge is -2.31. The quantitative estimate of drug-likeness (QED) is 0.283. The number of hydrogen-bond donors (Lipinski definition) is 0. The van der Waals surface area contributed by atoms with Gasteiger partial charge in [-0.15, -0.1) is 0 Å². The highest BCUT2D eigenvalue weighted by Crippen LogP contribution is 2.46. The molecule has 0 amide bonds. The Kier molecular flexibility index (Phi) is 6.28. The Morgan fingerprint density at radius 1 is 0.486 bits per heavy atom. The Morgan fingerprint density at radius 3 is 1.38 bits per heavy atom. The topological polar surface area (TPSA) is 6.48 Å². The summed E-state index contributed by atoms with van der Waals surface area (Å²) in [6, 6.07) is 27.5. The van der Waals surface area contributed by atoms with Crippen LogP contribution in [0.4, 0.5) is 11.4 Å². The third-order valence-corrected chi connectivity index (χ3v) is 9.28. The monoisotopic (exact) mass is 486 g/mol. The number of hydrogen-bond acceptors (Lipinski definition) is 2. The number of nitrogens with zero attached hydrogens (tertiary/aromatic N) is 2. The second-order valence-electron chi connectivity index (χ2n) is 11.5. The zero-order valence-electron chi connectivity index (χ0n) is 22.0. The van der Waals surface area contributed by atoms with Crippen molar-refractivity contribution in [2.75, 3.05) is 22.9 Å². The molecule has 0 spiro atoms. The van der Waals surface area contributed by atoms with Crippen LogP contribution in [0, 0.1) is 6.67 Å². The third kappa shape index (κ3) is 4.29. The van der Waals surface area contributed by atoms with E-state index in [1.807, 2.05) is 0 Å². The Hall–Kier alpha value is -3.00. The second kappa shape index (κ2) is 10.0. The van der Waals surface area contributed by atoms with Crippen molar-refractivity contribution in [2.24, 2.45) is 0 Å². The maximum atomic E-state index is 3.93. The largest absolute Gasteiger partial charge is 0.339 e. The fourth-order valence-corrected chi connectivity index (χ4v) is 7.40. The minimum atomic E-state index is 0.666. The summed E-state index contributed by atoms with van der Waals surface area (Å²) in [4.78, 5) is 4.94. The van der Waals surface area contributed by atoms with Gasteiger partial charge in [0.15, 0.2) is 0 Å². The molecule has 0 N–H and O–H groups in total. The van der Waals surface area contributed by atoms with Gasteiger partial charge >= 0.3 is 0 Å². The fourth-order valence-electron chi connectivity index (χ4n) is 7.40.